The van der Waals surface area contributed by atoms with Crippen molar-refractivity contribution < 1.29 is 9.59 Å². The van der Waals surface area contributed by atoms with Crippen molar-refractivity contribution in [3.63, 3.8) is 0 Å². The second kappa shape index (κ2) is 9.70. The molecule has 1 aliphatic carbocycles. The van der Waals surface area contributed by atoms with Gasteiger partial charge in [-0.2, -0.15) is 0 Å². The summed E-state index contributed by atoms with van der Waals surface area (Å²) in [6, 6.07) is 7.78. The van der Waals surface area contributed by atoms with Gasteiger partial charge in [-0.3, -0.25) is 9.59 Å². The largest absolute Gasteiger partial charge is 0.362 e. The molecule has 3 heterocycles. The quantitative estimate of drug-likeness (QED) is 0.456. The third kappa shape index (κ3) is 4.86. The van der Waals surface area contributed by atoms with Crippen LogP contribution in [0, 0.1) is 12.3 Å². The minimum absolute atomic E-state index is 0.108. The highest BCUT2D eigenvalue weighted by atomic mass is 32.2. The van der Waals surface area contributed by atoms with Crippen LogP contribution in [0.5, 0.6) is 0 Å². The number of dihydropyridines is 1. The van der Waals surface area contributed by atoms with Crippen LogP contribution in [0.15, 0.2) is 51.0 Å². The predicted octanol–water partition coefficient (Wildman–Crippen LogP) is 6.37. The molecule has 5 nitrogen and oxygen atoms in total. The molecule has 0 radical (unpaired) electrons. The number of thiophene rings is 1. The van der Waals surface area contributed by atoms with E-state index in [1.165, 1.54) is 9.09 Å². The molecule has 2 aromatic rings. The smallest absolute Gasteiger partial charge is 0.255 e. The molecule has 1 atom stereocenters. The van der Waals surface area contributed by atoms with Crippen LogP contribution >= 0.6 is 23.1 Å². The fourth-order valence-electron chi connectivity index (χ4n) is 4.90. The Morgan fingerprint density at radius 3 is 2.71 bits per heavy atom. The molecule has 0 bridgehead atoms. The number of aryl methyl sites for hydroxylation is 2. The number of aromatic nitrogens is 1. The second-order valence-electron chi connectivity index (χ2n) is 9.79. The van der Waals surface area contributed by atoms with E-state index in [-0.39, 0.29) is 23.0 Å². The maximum atomic E-state index is 13.7. The van der Waals surface area contributed by atoms with Gasteiger partial charge in [0.15, 0.2) is 5.78 Å². The highest BCUT2D eigenvalue weighted by Gasteiger charge is 2.43. The van der Waals surface area contributed by atoms with Gasteiger partial charge in [-0.1, -0.05) is 33.8 Å². The zero-order chi connectivity index (χ0) is 24.6. The molecular formula is C27H33N3O2S2. The van der Waals surface area contributed by atoms with E-state index in [1.54, 1.807) is 29.2 Å². The Bertz CT molecular complexity index is 1210. The highest BCUT2D eigenvalue weighted by molar-refractivity contribution is 8.01. The van der Waals surface area contributed by atoms with E-state index >= 15 is 0 Å². The molecule has 2 N–H and O–H groups in total. The minimum atomic E-state index is -0.379. The van der Waals surface area contributed by atoms with Crippen LogP contribution in [-0.2, 0) is 16.0 Å². The number of amides is 1. The Hall–Kier alpha value is -2.38. The van der Waals surface area contributed by atoms with E-state index in [4.69, 9.17) is 0 Å². The maximum Gasteiger partial charge on any atom is 0.255 e. The first-order chi connectivity index (χ1) is 16.1. The van der Waals surface area contributed by atoms with E-state index in [0.29, 0.717) is 17.8 Å². The molecule has 2 aromatic heterocycles. The van der Waals surface area contributed by atoms with Crippen molar-refractivity contribution in [3.05, 3.63) is 62.9 Å². The number of thioether (sulfide) groups is 1. The molecule has 7 heteroatoms. The zero-order valence-electron chi connectivity index (χ0n) is 20.8. The van der Waals surface area contributed by atoms with Crippen LogP contribution in [-0.4, -0.2) is 22.4 Å². The van der Waals surface area contributed by atoms with Gasteiger partial charge in [0.2, 0.25) is 0 Å². The lowest BCUT2D eigenvalue weighted by Gasteiger charge is -2.39. The first-order valence-corrected chi connectivity index (χ1v) is 13.7. The van der Waals surface area contributed by atoms with Crippen molar-refractivity contribution in [2.75, 3.05) is 11.1 Å². The Balaban J connectivity index is 1.86. The summed E-state index contributed by atoms with van der Waals surface area (Å²) >= 11 is 3.57. The van der Waals surface area contributed by atoms with Crippen LogP contribution in [0.2, 0.25) is 0 Å². The van der Waals surface area contributed by atoms with Gasteiger partial charge in [0.05, 0.1) is 4.21 Å². The van der Waals surface area contributed by atoms with Crippen LogP contribution in [0.4, 0.5) is 5.82 Å². The summed E-state index contributed by atoms with van der Waals surface area (Å²) in [4.78, 5) is 33.0. The lowest BCUT2D eigenvalue weighted by Crippen LogP contribution is -2.39. The lowest BCUT2D eigenvalue weighted by atomic mass is 9.69. The first kappa shape index (κ1) is 24.7. The molecule has 0 spiro atoms. The average Bonchev–Trinajstić information content (AvgIpc) is 3.14. The SMILES string of the molecule is CCSc1sc(CC)cc1[C@H]1C(C(=O)Nc2cccc(C)n2)=C(C)NC2=C1C(=O)CC(C)(C)C2. The van der Waals surface area contributed by atoms with Crippen LogP contribution in [0.25, 0.3) is 0 Å². The minimum Gasteiger partial charge on any atom is -0.362 e. The molecule has 0 unspecified atom stereocenters. The second-order valence-corrected chi connectivity index (χ2v) is 12.5. The third-order valence-corrected chi connectivity index (χ3v) is 8.81. The van der Waals surface area contributed by atoms with Gasteiger partial charge < -0.3 is 10.6 Å². The molecule has 34 heavy (non-hydrogen) atoms. The molecule has 2 aliphatic rings. The van der Waals surface area contributed by atoms with Gasteiger partial charge >= 0.3 is 0 Å². The van der Waals surface area contributed by atoms with Crippen molar-refractivity contribution in [2.24, 2.45) is 5.41 Å². The summed E-state index contributed by atoms with van der Waals surface area (Å²) < 4.78 is 1.20. The van der Waals surface area contributed by atoms with Crippen molar-refractivity contribution >= 4 is 40.6 Å². The summed E-state index contributed by atoms with van der Waals surface area (Å²) in [7, 11) is 0. The normalized spacial score (nSPS) is 19.7. The standard InChI is InChI=1S/C27H33N3O2S2/c1-7-17-12-18(26(34-17)33-8-2)23-22(25(32)30-21-11-9-10-15(3)28-21)16(4)29-19-13-27(5,6)14-20(31)24(19)23/h9-12,23,29H,7-8,13-14H2,1-6H3,(H,28,30,32)/t23-/m0/s1. The molecule has 180 valence electrons. The maximum absolute atomic E-state index is 13.7. The monoisotopic (exact) mass is 495 g/mol. The van der Waals surface area contributed by atoms with E-state index in [9.17, 15) is 9.59 Å². The number of carbonyl (C=O) groups excluding carboxylic acids is 2. The number of rotatable bonds is 6. The van der Waals surface area contributed by atoms with Gasteiger partial charge in [-0.25, -0.2) is 4.98 Å². The van der Waals surface area contributed by atoms with E-state index in [0.717, 1.165) is 46.8 Å². The summed E-state index contributed by atoms with van der Waals surface area (Å²) in [6.45, 7) is 12.4. The van der Waals surface area contributed by atoms with Crippen molar-refractivity contribution in [1.29, 1.82) is 0 Å². The molecule has 1 amide bonds. The van der Waals surface area contributed by atoms with Crippen molar-refractivity contribution in [3.8, 4) is 0 Å². The van der Waals surface area contributed by atoms with Gasteiger partial charge in [0.25, 0.3) is 5.91 Å². The fourth-order valence-corrected chi connectivity index (χ4v) is 7.28. The Morgan fingerprint density at radius 2 is 2.03 bits per heavy atom. The third-order valence-electron chi connectivity index (χ3n) is 6.33. The number of hydrogen-bond acceptors (Lipinski definition) is 6. The van der Waals surface area contributed by atoms with E-state index in [1.807, 2.05) is 26.0 Å². The van der Waals surface area contributed by atoms with Crippen LogP contribution in [0.1, 0.15) is 69.5 Å². The van der Waals surface area contributed by atoms with Crippen molar-refractivity contribution in [2.45, 2.75) is 70.9 Å². The number of Topliss-reactive ketones (excluding diaryl/α,β-unsaturated/α-hetero) is 1. The molecular weight excluding hydrogens is 462 g/mol. The first-order valence-electron chi connectivity index (χ1n) is 11.9. The number of anilines is 1. The van der Waals surface area contributed by atoms with Crippen LogP contribution in [0.3, 0.4) is 0 Å². The fraction of sp³-hybridized carbons (Fsp3) is 0.444. The van der Waals surface area contributed by atoms with Crippen molar-refractivity contribution in [1.82, 2.24) is 10.3 Å². The summed E-state index contributed by atoms with van der Waals surface area (Å²) in [5.41, 5.74) is 4.94. The molecule has 0 saturated heterocycles. The number of carbonyl (C=O) groups is 2. The average molecular weight is 496 g/mol. The zero-order valence-corrected chi connectivity index (χ0v) is 22.4. The number of allylic oxidation sites excluding steroid dienone is 3. The highest BCUT2D eigenvalue weighted by Crippen LogP contribution is 2.50. The number of nitrogens with one attached hydrogen (secondary N) is 2. The van der Waals surface area contributed by atoms with Gasteiger partial charge in [-0.15, -0.1) is 23.1 Å². The molecule has 0 fully saturated rings. The van der Waals surface area contributed by atoms with Crippen LogP contribution < -0.4 is 10.6 Å². The van der Waals surface area contributed by atoms with E-state index in [2.05, 4.69) is 49.4 Å². The molecule has 4 rings (SSSR count). The molecule has 0 aromatic carbocycles. The number of nitrogens with zero attached hydrogens (tertiary/aromatic N) is 1. The summed E-state index contributed by atoms with van der Waals surface area (Å²) in [5.74, 6) is 0.991. The molecule has 0 saturated carbocycles. The van der Waals surface area contributed by atoms with Gasteiger partial charge in [0, 0.05) is 45.5 Å². The number of pyridine rings is 1. The molecule has 1 aliphatic heterocycles. The predicted molar refractivity (Wildman–Crippen MR) is 141 cm³/mol. The number of ketones is 1. The Kier molecular flexibility index (Phi) is 7.06. The number of hydrogen-bond donors (Lipinski definition) is 2. The Labute approximate surface area is 210 Å². The van der Waals surface area contributed by atoms with E-state index < -0.39 is 0 Å². The van der Waals surface area contributed by atoms with Gasteiger partial charge in [-0.05, 0) is 61.6 Å². The summed E-state index contributed by atoms with van der Waals surface area (Å²) in [6.07, 6.45) is 2.20. The Morgan fingerprint density at radius 1 is 1.26 bits per heavy atom. The topological polar surface area (TPSA) is 71.1 Å². The lowest BCUT2D eigenvalue weighted by molar-refractivity contribution is -0.118. The summed E-state index contributed by atoms with van der Waals surface area (Å²) in [5, 5.41) is 6.45. The van der Waals surface area contributed by atoms with Gasteiger partial charge in [0.1, 0.15) is 5.82 Å².